The number of carbonyl (C=O) groups excluding carboxylic acids is 1. The van der Waals surface area contributed by atoms with Crippen molar-refractivity contribution in [2.45, 2.75) is 24.7 Å². The molecule has 10 heteroatoms. The van der Waals surface area contributed by atoms with Crippen LogP contribution in [0.1, 0.15) is 34.6 Å². The first-order valence-corrected chi connectivity index (χ1v) is 9.37. The molecule has 2 atom stereocenters. The lowest BCUT2D eigenvalue weighted by Crippen LogP contribution is -2.35. The molecule has 0 saturated carbocycles. The van der Waals surface area contributed by atoms with Crippen LogP contribution in [-0.2, 0) is 0 Å². The number of hydrogen-bond donors (Lipinski definition) is 3. The molecule has 4 rings (SSSR count). The van der Waals surface area contributed by atoms with Crippen LogP contribution in [0, 0.1) is 0 Å². The first-order valence-electron chi connectivity index (χ1n) is 8.99. The molecule has 0 radical (unpaired) electrons. The lowest BCUT2D eigenvalue weighted by atomic mass is 9.97. The van der Waals surface area contributed by atoms with Crippen molar-refractivity contribution in [3.05, 3.63) is 70.9 Å². The Balaban J connectivity index is 1.64. The number of phenolic OH excluding ortho intramolecular Hbond substituents is 1. The van der Waals surface area contributed by atoms with Crippen LogP contribution < -0.4 is 10.6 Å². The molecule has 6 nitrogen and oxygen atoms in total. The van der Waals surface area contributed by atoms with Crippen LogP contribution in [0.5, 0.6) is 5.75 Å². The summed E-state index contributed by atoms with van der Waals surface area (Å²) in [6.07, 6.45) is -4.83. The molecule has 0 unspecified atom stereocenters. The SMILES string of the molecule is O=C(Nc1cccc(O)c1)c1cc2n(n1)[C@@H](C(F)(F)F)C[C@H](c1ccc(Cl)cc1)N2. The molecule has 0 bridgehead atoms. The van der Waals surface area contributed by atoms with Gasteiger partial charge in [-0.2, -0.15) is 18.3 Å². The molecule has 3 N–H and O–H groups in total. The standard InChI is InChI=1S/C20H16ClF3N4O2/c21-12-6-4-11(5-7-12)15-9-17(20(22,23)24)28-18(26-15)10-16(27-28)19(30)25-13-2-1-3-14(29)8-13/h1-8,10,15,17,26,29H,9H2,(H,25,30)/t15-,17-/m1/s1. The molecule has 156 valence electrons. The van der Waals surface area contributed by atoms with Crippen molar-refractivity contribution in [3.63, 3.8) is 0 Å². The van der Waals surface area contributed by atoms with Crippen molar-refractivity contribution < 1.29 is 23.1 Å². The Hall–Kier alpha value is -3.20. The predicted molar refractivity (Wildman–Crippen MR) is 106 cm³/mol. The van der Waals surface area contributed by atoms with Gasteiger partial charge in [-0.1, -0.05) is 29.8 Å². The maximum absolute atomic E-state index is 13.7. The van der Waals surface area contributed by atoms with Crippen LogP contribution in [0.4, 0.5) is 24.7 Å². The molecule has 1 amide bonds. The van der Waals surface area contributed by atoms with Gasteiger partial charge in [0.25, 0.3) is 5.91 Å². The number of carbonyl (C=O) groups is 1. The first-order chi connectivity index (χ1) is 14.2. The summed E-state index contributed by atoms with van der Waals surface area (Å²) < 4.78 is 42.0. The fourth-order valence-electron chi connectivity index (χ4n) is 3.38. The third-order valence-electron chi connectivity index (χ3n) is 4.80. The Labute approximate surface area is 174 Å². The minimum Gasteiger partial charge on any atom is -0.508 e. The zero-order valence-corrected chi connectivity index (χ0v) is 16.1. The molecular formula is C20H16ClF3N4O2. The Morgan fingerprint density at radius 1 is 1.20 bits per heavy atom. The van der Waals surface area contributed by atoms with Crippen molar-refractivity contribution in [1.82, 2.24) is 9.78 Å². The fourth-order valence-corrected chi connectivity index (χ4v) is 3.50. The maximum atomic E-state index is 13.7. The molecule has 1 aliphatic heterocycles. The summed E-state index contributed by atoms with van der Waals surface area (Å²) in [5.41, 5.74) is 0.768. The van der Waals surface area contributed by atoms with Gasteiger partial charge in [-0.15, -0.1) is 0 Å². The molecule has 0 saturated heterocycles. The number of amides is 1. The van der Waals surface area contributed by atoms with Crippen LogP contribution in [0.3, 0.4) is 0 Å². The summed E-state index contributed by atoms with van der Waals surface area (Å²) in [5, 5.41) is 19.4. The van der Waals surface area contributed by atoms with E-state index in [1.54, 1.807) is 30.3 Å². The van der Waals surface area contributed by atoms with Crippen molar-refractivity contribution >= 4 is 29.0 Å². The Morgan fingerprint density at radius 3 is 2.60 bits per heavy atom. The van der Waals surface area contributed by atoms with Gasteiger partial charge in [0.1, 0.15) is 11.6 Å². The molecule has 2 aromatic carbocycles. The summed E-state index contributed by atoms with van der Waals surface area (Å²) in [7, 11) is 0. The van der Waals surface area contributed by atoms with E-state index < -0.39 is 24.2 Å². The highest BCUT2D eigenvalue weighted by Gasteiger charge is 2.46. The number of nitrogens with one attached hydrogen (secondary N) is 2. The van der Waals surface area contributed by atoms with E-state index >= 15 is 0 Å². The predicted octanol–water partition coefficient (Wildman–Crippen LogP) is 5.15. The number of benzene rings is 2. The maximum Gasteiger partial charge on any atom is 0.410 e. The van der Waals surface area contributed by atoms with Gasteiger partial charge in [0, 0.05) is 29.3 Å². The van der Waals surface area contributed by atoms with Crippen LogP contribution in [0.15, 0.2) is 54.6 Å². The van der Waals surface area contributed by atoms with Crippen molar-refractivity contribution in [2.24, 2.45) is 0 Å². The van der Waals surface area contributed by atoms with Crippen molar-refractivity contribution in [1.29, 1.82) is 0 Å². The van der Waals surface area contributed by atoms with E-state index in [1.165, 1.54) is 24.3 Å². The van der Waals surface area contributed by atoms with Crippen LogP contribution in [-0.4, -0.2) is 27.0 Å². The lowest BCUT2D eigenvalue weighted by Gasteiger charge is -2.33. The number of aromatic hydroxyl groups is 1. The minimum absolute atomic E-state index is 0.0541. The van der Waals surface area contributed by atoms with E-state index in [9.17, 15) is 23.1 Å². The second kappa shape index (κ2) is 7.56. The summed E-state index contributed by atoms with van der Waals surface area (Å²) in [6, 6.07) is 11.1. The number of fused-ring (bicyclic) bond motifs is 1. The van der Waals surface area contributed by atoms with E-state index in [0.29, 0.717) is 16.3 Å². The van der Waals surface area contributed by atoms with Crippen LogP contribution in [0.2, 0.25) is 5.02 Å². The second-order valence-corrected chi connectivity index (χ2v) is 7.34. The molecule has 3 aromatic rings. The van der Waals surface area contributed by atoms with E-state index in [2.05, 4.69) is 15.7 Å². The van der Waals surface area contributed by atoms with Crippen LogP contribution >= 0.6 is 11.6 Å². The van der Waals surface area contributed by atoms with E-state index in [1.807, 2.05) is 0 Å². The summed E-state index contributed by atoms with van der Waals surface area (Å²) in [6.45, 7) is 0. The van der Waals surface area contributed by atoms with E-state index in [0.717, 1.165) is 4.68 Å². The number of halogens is 4. The number of rotatable bonds is 3. The highest BCUT2D eigenvalue weighted by atomic mass is 35.5. The number of hydrogen-bond acceptors (Lipinski definition) is 4. The van der Waals surface area contributed by atoms with Crippen LogP contribution in [0.25, 0.3) is 0 Å². The summed E-state index contributed by atoms with van der Waals surface area (Å²) >= 11 is 5.87. The fraction of sp³-hybridized carbons (Fsp3) is 0.200. The third-order valence-corrected chi connectivity index (χ3v) is 5.05. The zero-order chi connectivity index (χ0) is 21.5. The number of alkyl halides is 3. The summed E-state index contributed by atoms with van der Waals surface area (Å²) in [5.74, 6) is -0.653. The number of nitrogens with zero attached hydrogens (tertiary/aromatic N) is 2. The quantitative estimate of drug-likeness (QED) is 0.530. The topological polar surface area (TPSA) is 79.2 Å². The van der Waals surface area contributed by atoms with Gasteiger partial charge in [-0.25, -0.2) is 4.68 Å². The average molecular weight is 437 g/mol. The van der Waals surface area contributed by atoms with Gasteiger partial charge in [-0.3, -0.25) is 4.79 Å². The molecule has 0 fully saturated rings. The van der Waals surface area contributed by atoms with Gasteiger partial charge in [0.15, 0.2) is 11.7 Å². The number of aromatic nitrogens is 2. The highest BCUT2D eigenvalue weighted by molar-refractivity contribution is 6.30. The first kappa shape index (κ1) is 20.1. The largest absolute Gasteiger partial charge is 0.508 e. The molecule has 1 aromatic heterocycles. The van der Waals surface area contributed by atoms with Gasteiger partial charge in [-0.05, 0) is 29.8 Å². The molecule has 30 heavy (non-hydrogen) atoms. The van der Waals surface area contributed by atoms with E-state index in [-0.39, 0.29) is 23.7 Å². The molecular weight excluding hydrogens is 421 g/mol. The Morgan fingerprint density at radius 2 is 1.93 bits per heavy atom. The lowest BCUT2D eigenvalue weighted by molar-refractivity contribution is -0.173. The molecule has 1 aliphatic rings. The Kier molecular flexibility index (Phi) is 5.07. The van der Waals surface area contributed by atoms with Crippen molar-refractivity contribution in [3.8, 4) is 5.75 Å². The smallest absolute Gasteiger partial charge is 0.410 e. The third kappa shape index (κ3) is 4.06. The number of phenols is 1. The van der Waals surface area contributed by atoms with Gasteiger partial charge in [0.2, 0.25) is 0 Å². The highest BCUT2D eigenvalue weighted by Crippen LogP contribution is 2.43. The van der Waals surface area contributed by atoms with Gasteiger partial charge < -0.3 is 15.7 Å². The average Bonchev–Trinajstić information content (AvgIpc) is 3.11. The minimum atomic E-state index is -4.55. The Bertz CT molecular complexity index is 1080. The summed E-state index contributed by atoms with van der Waals surface area (Å²) in [4.78, 5) is 12.5. The molecule has 0 aliphatic carbocycles. The molecule has 2 heterocycles. The second-order valence-electron chi connectivity index (χ2n) is 6.91. The number of anilines is 2. The van der Waals surface area contributed by atoms with Crippen molar-refractivity contribution in [2.75, 3.05) is 10.6 Å². The van der Waals surface area contributed by atoms with E-state index in [4.69, 9.17) is 11.6 Å². The van der Waals surface area contributed by atoms with Gasteiger partial charge in [0.05, 0.1) is 6.04 Å². The normalized spacial score (nSPS) is 18.4. The van der Waals surface area contributed by atoms with Gasteiger partial charge >= 0.3 is 6.18 Å². The zero-order valence-electron chi connectivity index (χ0n) is 15.3. The molecule has 0 spiro atoms. The monoisotopic (exact) mass is 436 g/mol.